The lowest BCUT2D eigenvalue weighted by Crippen LogP contribution is -2.36. The van der Waals surface area contributed by atoms with Crippen LogP contribution in [-0.4, -0.2) is 30.4 Å². The highest BCUT2D eigenvalue weighted by Crippen LogP contribution is 2.32. The van der Waals surface area contributed by atoms with Gasteiger partial charge in [-0.1, -0.05) is 57.7 Å². The summed E-state index contributed by atoms with van der Waals surface area (Å²) in [7, 11) is 0. The van der Waals surface area contributed by atoms with Crippen molar-refractivity contribution in [2.45, 2.75) is 78.3 Å². The molecule has 7 nitrogen and oxygen atoms in total. The van der Waals surface area contributed by atoms with Gasteiger partial charge in [0.15, 0.2) is 0 Å². The van der Waals surface area contributed by atoms with Gasteiger partial charge in [0.2, 0.25) is 5.91 Å². The van der Waals surface area contributed by atoms with E-state index in [1.165, 1.54) is 6.42 Å². The van der Waals surface area contributed by atoms with E-state index in [9.17, 15) is 14.4 Å². The predicted octanol–water partition coefficient (Wildman–Crippen LogP) is 6.11. The first-order chi connectivity index (χ1) is 18.1. The fourth-order valence-electron chi connectivity index (χ4n) is 4.42. The third-order valence-electron chi connectivity index (χ3n) is 7.00. The Kier molecular flexibility index (Phi) is 8.98. The predicted molar refractivity (Wildman–Crippen MR) is 150 cm³/mol. The van der Waals surface area contributed by atoms with Gasteiger partial charge in [-0.25, -0.2) is 0 Å². The first kappa shape index (κ1) is 28.0. The number of anilines is 1. The number of halogens is 1. The molecule has 4 rings (SSSR count). The van der Waals surface area contributed by atoms with Crippen molar-refractivity contribution in [1.82, 2.24) is 10.6 Å². The monoisotopic (exact) mass is 539 g/mol. The fraction of sp³-hybridized carbons (Fsp3) is 0.500. The molecule has 0 atom stereocenters. The summed E-state index contributed by atoms with van der Waals surface area (Å²) in [5.41, 5.74) is 1.43. The van der Waals surface area contributed by atoms with Crippen molar-refractivity contribution in [2.24, 2.45) is 11.3 Å². The molecule has 3 amide bonds. The molecule has 0 bridgehead atoms. The highest BCUT2D eigenvalue weighted by molar-refractivity contribution is 6.34. The van der Waals surface area contributed by atoms with Crippen molar-refractivity contribution >= 4 is 35.0 Å². The molecule has 0 radical (unpaired) electrons. The van der Waals surface area contributed by atoms with E-state index in [0.717, 1.165) is 44.1 Å². The summed E-state index contributed by atoms with van der Waals surface area (Å²) >= 11 is 6.35. The summed E-state index contributed by atoms with van der Waals surface area (Å²) < 4.78 is 5.99. The van der Waals surface area contributed by atoms with Crippen LogP contribution in [0, 0.1) is 11.3 Å². The molecule has 2 saturated carbocycles. The van der Waals surface area contributed by atoms with E-state index in [2.05, 4.69) is 16.0 Å². The first-order valence-corrected chi connectivity index (χ1v) is 13.9. The van der Waals surface area contributed by atoms with Gasteiger partial charge in [-0.15, -0.1) is 0 Å². The van der Waals surface area contributed by atoms with Crippen molar-refractivity contribution in [2.75, 3.05) is 11.9 Å². The molecule has 0 heterocycles. The Labute approximate surface area is 230 Å². The highest BCUT2D eigenvalue weighted by atomic mass is 35.5. The van der Waals surface area contributed by atoms with Gasteiger partial charge in [0, 0.05) is 23.7 Å². The van der Waals surface area contributed by atoms with Crippen LogP contribution in [0.5, 0.6) is 5.75 Å². The number of nitrogens with one attached hydrogen (secondary N) is 3. The molecule has 0 spiro atoms. The van der Waals surface area contributed by atoms with Gasteiger partial charge in [-0.3, -0.25) is 14.4 Å². The Hall–Kier alpha value is -3.06. The molecule has 38 heavy (non-hydrogen) atoms. The van der Waals surface area contributed by atoms with E-state index in [0.29, 0.717) is 34.5 Å². The molecule has 0 aliphatic heterocycles. The van der Waals surface area contributed by atoms with Crippen LogP contribution in [0.3, 0.4) is 0 Å². The second-order valence-corrected chi connectivity index (χ2v) is 11.9. The Bertz CT molecular complexity index is 1180. The first-order valence-electron chi connectivity index (χ1n) is 13.6. The van der Waals surface area contributed by atoms with Crippen LogP contribution in [0.25, 0.3) is 0 Å². The maximum atomic E-state index is 13.2. The molecular formula is C30H38ClN3O4. The zero-order valence-corrected chi connectivity index (χ0v) is 23.2. The van der Waals surface area contributed by atoms with Gasteiger partial charge < -0.3 is 20.7 Å². The van der Waals surface area contributed by atoms with E-state index in [1.807, 2.05) is 20.8 Å². The standard InChI is InChI=1S/C30H38ClN3O4/c1-30(2,3)29(37)32-17-20-11-13-25(31)23(15-20)27(35)34-22-12-14-26(38-18-19-9-10-19)24(16-22)28(36)33-21-7-5-4-6-8-21/h11-16,19,21H,4-10,17-18H2,1-3H3,(H,32,37)(H,33,36)(H,34,35). The van der Waals surface area contributed by atoms with Crippen LogP contribution in [0.2, 0.25) is 5.02 Å². The smallest absolute Gasteiger partial charge is 0.257 e. The fourth-order valence-corrected chi connectivity index (χ4v) is 4.62. The Morgan fingerprint density at radius 1 is 0.921 bits per heavy atom. The summed E-state index contributed by atoms with van der Waals surface area (Å²) in [4.78, 5) is 38.6. The van der Waals surface area contributed by atoms with Crippen molar-refractivity contribution < 1.29 is 19.1 Å². The SMILES string of the molecule is CC(C)(C)C(=O)NCc1ccc(Cl)c(C(=O)Nc2ccc(OCC3CC3)c(C(=O)NC3CCCCC3)c2)c1. The van der Waals surface area contributed by atoms with Gasteiger partial charge in [0.05, 0.1) is 22.8 Å². The Balaban J connectivity index is 1.48. The van der Waals surface area contributed by atoms with Crippen LogP contribution in [0.1, 0.15) is 92.0 Å². The number of hydrogen-bond donors (Lipinski definition) is 3. The molecule has 204 valence electrons. The third-order valence-corrected chi connectivity index (χ3v) is 7.33. The lowest BCUT2D eigenvalue weighted by atomic mass is 9.95. The van der Waals surface area contributed by atoms with Crippen LogP contribution in [0.15, 0.2) is 36.4 Å². The van der Waals surface area contributed by atoms with E-state index in [4.69, 9.17) is 16.3 Å². The molecule has 8 heteroatoms. The average molecular weight is 540 g/mol. The van der Waals surface area contributed by atoms with Crippen molar-refractivity contribution in [3.8, 4) is 5.75 Å². The minimum atomic E-state index is -0.512. The average Bonchev–Trinajstić information content (AvgIpc) is 3.71. The minimum Gasteiger partial charge on any atom is -0.492 e. The summed E-state index contributed by atoms with van der Waals surface area (Å²) in [6, 6.07) is 10.4. The van der Waals surface area contributed by atoms with E-state index in [-0.39, 0.29) is 30.0 Å². The van der Waals surface area contributed by atoms with Gasteiger partial charge in [-0.2, -0.15) is 0 Å². The molecule has 2 aliphatic rings. The van der Waals surface area contributed by atoms with Gasteiger partial charge >= 0.3 is 0 Å². The Morgan fingerprint density at radius 2 is 1.66 bits per heavy atom. The second kappa shape index (κ2) is 12.2. The van der Waals surface area contributed by atoms with Crippen molar-refractivity contribution in [1.29, 1.82) is 0 Å². The number of hydrogen-bond acceptors (Lipinski definition) is 4. The number of carbonyl (C=O) groups is 3. The van der Waals surface area contributed by atoms with Gasteiger partial charge in [-0.05, 0) is 67.5 Å². The molecule has 0 aromatic heterocycles. The van der Waals surface area contributed by atoms with Gasteiger partial charge in [0.1, 0.15) is 5.75 Å². The lowest BCUT2D eigenvalue weighted by molar-refractivity contribution is -0.128. The number of carbonyl (C=O) groups excluding carboxylic acids is 3. The van der Waals surface area contributed by atoms with Crippen LogP contribution in [0.4, 0.5) is 5.69 Å². The molecule has 0 unspecified atom stereocenters. The molecule has 0 saturated heterocycles. The van der Waals surface area contributed by atoms with Crippen molar-refractivity contribution in [3.63, 3.8) is 0 Å². The second-order valence-electron chi connectivity index (χ2n) is 11.5. The zero-order valence-electron chi connectivity index (χ0n) is 22.5. The largest absolute Gasteiger partial charge is 0.492 e. The lowest BCUT2D eigenvalue weighted by Gasteiger charge is -2.23. The molecule has 3 N–H and O–H groups in total. The van der Waals surface area contributed by atoms with Crippen LogP contribution in [-0.2, 0) is 11.3 Å². The summed E-state index contributed by atoms with van der Waals surface area (Å²) in [5, 5.41) is 9.21. The number of rotatable bonds is 9. The summed E-state index contributed by atoms with van der Waals surface area (Å²) in [5.74, 6) is 0.406. The summed E-state index contributed by atoms with van der Waals surface area (Å²) in [6.45, 7) is 6.40. The maximum Gasteiger partial charge on any atom is 0.257 e. The van der Waals surface area contributed by atoms with Gasteiger partial charge in [0.25, 0.3) is 11.8 Å². The van der Waals surface area contributed by atoms with Crippen LogP contribution >= 0.6 is 11.6 Å². The van der Waals surface area contributed by atoms with E-state index in [1.54, 1.807) is 36.4 Å². The normalized spacial score (nSPS) is 16.0. The topological polar surface area (TPSA) is 96.5 Å². The van der Waals surface area contributed by atoms with E-state index < -0.39 is 11.3 Å². The summed E-state index contributed by atoms with van der Waals surface area (Å²) in [6.07, 6.45) is 7.69. The van der Waals surface area contributed by atoms with Crippen LogP contribution < -0.4 is 20.7 Å². The van der Waals surface area contributed by atoms with Crippen molar-refractivity contribution in [3.05, 3.63) is 58.1 Å². The molecular weight excluding hydrogens is 502 g/mol. The minimum absolute atomic E-state index is 0.0820. The molecule has 2 aliphatic carbocycles. The maximum absolute atomic E-state index is 13.2. The zero-order chi connectivity index (χ0) is 27.3. The highest BCUT2D eigenvalue weighted by Gasteiger charge is 2.25. The number of benzene rings is 2. The third kappa shape index (κ3) is 7.73. The quantitative estimate of drug-likeness (QED) is 0.358. The molecule has 2 fully saturated rings. The Morgan fingerprint density at radius 3 is 2.34 bits per heavy atom. The number of amides is 3. The number of ether oxygens (including phenoxy) is 1. The molecule has 2 aromatic rings. The molecule has 2 aromatic carbocycles. The van der Waals surface area contributed by atoms with E-state index >= 15 is 0 Å².